The molecule has 1 amide bonds. The Morgan fingerprint density at radius 1 is 1.30 bits per heavy atom. The number of pyridine rings is 1. The standard InChI is InChI=1S/C14H18ClN3O4S/c15-23(20,21)10-11-7-14(19)18(9-11)13-2-1-12(8-16-13)17-3-5-22-6-4-17/h1-2,8,11H,3-7,9-10H2. The molecule has 1 aromatic rings. The molecule has 2 aliphatic heterocycles. The van der Waals surface area contributed by atoms with Gasteiger partial charge in [-0.2, -0.15) is 0 Å². The summed E-state index contributed by atoms with van der Waals surface area (Å²) in [5, 5.41) is 0. The minimum atomic E-state index is -3.60. The molecule has 23 heavy (non-hydrogen) atoms. The molecule has 0 N–H and O–H groups in total. The van der Waals surface area contributed by atoms with Gasteiger partial charge in [0.05, 0.1) is 30.9 Å². The Hall–Kier alpha value is -1.38. The fraction of sp³-hybridized carbons (Fsp3) is 0.571. The topological polar surface area (TPSA) is 79.8 Å². The molecule has 0 aliphatic carbocycles. The molecule has 1 aromatic heterocycles. The molecule has 2 aliphatic rings. The van der Waals surface area contributed by atoms with Gasteiger partial charge in [-0.1, -0.05) is 0 Å². The number of hydrogen-bond acceptors (Lipinski definition) is 6. The van der Waals surface area contributed by atoms with Gasteiger partial charge in [-0.25, -0.2) is 13.4 Å². The Morgan fingerprint density at radius 2 is 2.04 bits per heavy atom. The van der Waals surface area contributed by atoms with Crippen LogP contribution in [-0.4, -0.2) is 57.9 Å². The van der Waals surface area contributed by atoms with Crippen LogP contribution in [0.4, 0.5) is 11.5 Å². The lowest BCUT2D eigenvalue weighted by Crippen LogP contribution is -2.36. The first-order valence-electron chi connectivity index (χ1n) is 7.44. The summed E-state index contributed by atoms with van der Waals surface area (Å²) in [7, 11) is 1.67. The smallest absolute Gasteiger partial charge is 0.232 e. The van der Waals surface area contributed by atoms with Gasteiger partial charge in [0, 0.05) is 42.7 Å². The van der Waals surface area contributed by atoms with E-state index in [1.54, 1.807) is 12.3 Å². The first-order chi connectivity index (χ1) is 10.9. The molecule has 3 rings (SSSR count). The number of rotatable bonds is 4. The number of anilines is 2. The Balaban J connectivity index is 1.68. The van der Waals surface area contributed by atoms with Gasteiger partial charge < -0.3 is 9.64 Å². The van der Waals surface area contributed by atoms with E-state index in [4.69, 9.17) is 15.4 Å². The van der Waals surface area contributed by atoms with Crippen LogP contribution < -0.4 is 9.80 Å². The number of morpholine rings is 1. The van der Waals surface area contributed by atoms with Crippen molar-refractivity contribution in [3.63, 3.8) is 0 Å². The van der Waals surface area contributed by atoms with Crippen LogP contribution in [0.15, 0.2) is 18.3 Å². The SMILES string of the molecule is O=C1CC(CS(=O)(=O)Cl)CN1c1ccc(N2CCOCC2)cn1. The lowest BCUT2D eigenvalue weighted by molar-refractivity contribution is -0.117. The van der Waals surface area contributed by atoms with Crippen LogP contribution >= 0.6 is 10.7 Å². The third kappa shape index (κ3) is 4.13. The van der Waals surface area contributed by atoms with E-state index >= 15 is 0 Å². The van der Waals surface area contributed by atoms with Crippen LogP contribution in [0.5, 0.6) is 0 Å². The van der Waals surface area contributed by atoms with E-state index in [-0.39, 0.29) is 24.0 Å². The molecule has 1 atom stereocenters. The van der Waals surface area contributed by atoms with E-state index < -0.39 is 9.05 Å². The summed E-state index contributed by atoms with van der Waals surface area (Å²) in [5.41, 5.74) is 0.989. The summed E-state index contributed by atoms with van der Waals surface area (Å²) in [6.07, 6.45) is 1.92. The summed E-state index contributed by atoms with van der Waals surface area (Å²) in [6.45, 7) is 3.36. The predicted octanol–water partition coefficient (Wildman–Crippen LogP) is 0.840. The van der Waals surface area contributed by atoms with Gasteiger partial charge in [0.1, 0.15) is 5.82 Å². The van der Waals surface area contributed by atoms with Crippen LogP contribution in [-0.2, 0) is 18.6 Å². The summed E-state index contributed by atoms with van der Waals surface area (Å²) < 4.78 is 27.6. The van der Waals surface area contributed by atoms with Crippen molar-refractivity contribution in [1.82, 2.24) is 4.98 Å². The average molecular weight is 360 g/mol. The minimum Gasteiger partial charge on any atom is -0.378 e. The number of carbonyl (C=O) groups excluding carboxylic acids is 1. The molecule has 3 heterocycles. The van der Waals surface area contributed by atoms with E-state index in [2.05, 4.69) is 9.88 Å². The second-order valence-electron chi connectivity index (χ2n) is 5.75. The zero-order valence-electron chi connectivity index (χ0n) is 12.5. The Kier molecular flexibility index (Phi) is 4.74. The van der Waals surface area contributed by atoms with Gasteiger partial charge in [-0.05, 0) is 12.1 Å². The lowest BCUT2D eigenvalue weighted by atomic mass is 10.1. The van der Waals surface area contributed by atoms with Crippen LogP contribution in [0.2, 0.25) is 0 Å². The molecule has 0 saturated carbocycles. The molecular formula is C14H18ClN3O4S. The number of aromatic nitrogens is 1. The highest BCUT2D eigenvalue weighted by Crippen LogP contribution is 2.26. The number of amides is 1. The Labute approximate surface area is 139 Å². The normalized spacial score (nSPS) is 22.7. The third-order valence-electron chi connectivity index (χ3n) is 4.02. The number of halogens is 1. The summed E-state index contributed by atoms with van der Waals surface area (Å²) in [6, 6.07) is 3.72. The van der Waals surface area contributed by atoms with Gasteiger partial charge in [0.2, 0.25) is 15.0 Å². The largest absolute Gasteiger partial charge is 0.378 e. The quantitative estimate of drug-likeness (QED) is 0.741. The Bertz CT molecular complexity index is 674. The fourth-order valence-electron chi connectivity index (χ4n) is 2.94. The summed E-state index contributed by atoms with van der Waals surface area (Å²) in [5.74, 6) is -0.0583. The van der Waals surface area contributed by atoms with Crippen molar-refractivity contribution in [3.05, 3.63) is 18.3 Å². The molecule has 1 unspecified atom stereocenters. The molecule has 2 fully saturated rings. The molecule has 9 heteroatoms. The van der Waals surface area contributed by atoms with Crippen molar-refractivity contribution in [2.75, 3.05) is 48.4 Å². The average Bonchev–Trinajstić information content (AvgIpc) is 2.87. The van der Waals surface area contributed by atoms with E-state index in [9.17, 15) is 13.2 Å². The van der Waals surface area contributed by atoms with Crippen LogP contribution in [0, 0.1) is 5.92 Å². The molecule has 126 valence electrons. The second kappa shape index (κ2) is 6.62. The zero-order valence-corrected chi connectivity index (χ0v) is 14.1. The maximum absolute atomic E-state index is 12.1. The lowest BCUT2D eigenvalue weighted by Gasteiger charge is -2.28. The molecule has 0 bridgehead atoms. The molecule has 0 aromatic carbocycles. The van der Waals surface area contributed by atoms with E-state index in [0.717, 1.165) is 18.8 Å². The molecular weight excluding hydrogens is 342 g/mol. The van der Waals surface area contributed by atoms with Gasteiger partial charge in [0.15, 0.2) is 0 Å². The van der Waals surface area contributed by atoms with Crippen LogP contribution in [0.1, 0.15) is 6.42 Å². The summed E-state index contributed by atoms with van der Waals surface area (Å²) >= 11 is 0. The Morgan fingerprint density at radius 3 is 2.65 bits per heavy atom. The predicted molar refractivity (Wildman–Crippen MR) is 87.4 cm³/mol. The van der Waals surface area contributed by atoms with Gasteiger partial charge in [0.25, 0.3) is 0 Å². The number of hydrogen-bond donors (Lipinski definition) is 0. The van der Waals surface area contributed by atoms with Crippen LogP contribution in [0.3, 0.4) is 0 Å². The van der Waals surface area contributed by atoms with Crippen molar-refractivity contribution in [2.24, 2.45) is 5.92 Å². The maximum atomic E-state index is 12.1. The molecule has 0 radical (unpaired) electrons. The summed E-state index contributed by atoms with van der Waals surface area (Å²) in [4.78, 5) is 20.1. The zero-order chi connectivity index (χ0) is 16.4. The minimum absolute atomic E-state index is 0.123. The first-order valence-corrected chi connectivity index (χ1v) is 9.92. The van der Waals surface area contributed by atoms with E-state index in [0.29, 0.717) is 25.6 Å². The van der Waals surface area contributed by atoms with Gasteiger partial charge in [-0.15, -0.1) is 0 Å². The van der Waals surface area contributed by atoms with Crippen molar-refractivity contribution in [3.8, 4) is 0 Å². The van der Waals surface area contributed by atoms with Crippen molar-refractivity contribution in [2.45, 2.75) is 6.42 Å². The monoisotopic (exact) mass is 359 g/mol. The van der Waals surface area contributed by atoms with E-state index in [1.807, 2.05) is 6.07 Å². The number of ether oxygens (including phenoxy) is 1. The van der Waals surface area contributed by atoms with Crippen molar-refractivity contribution in [1.29, 1.82) is 0 Å². The maximum Gasteiger partial charge on any atom is 0.232 e. The fourth-order valence-corrected chi connectivity index (χ4v) is 4.26. The molecule has 7 nitrogen and oxygen atoms in total. The number of nitrogens with zero attached hydrogens (tertiary/aromatic N) is 3. The van der Waals surface area contributed by atoms with E-state index in [1.165, 1.54) is 4.90 Å². The van der Waals surface area contributed by atoms with Gasteiger partial charge >= 0.3 is 0 Å². The highest BCUT2D eigenvalue weighted by Gasteiger charge is 2.33. The second-order valence-corrected chi connectivity index (χ2v) is 8.58. The van der Waals surface area contributed by atoms with Crippen LogP contribution in [0.25, 0.3) is 0 Å². The highest BCUT2D eigenvalue weighted by atomic mass is 35.7. The highest BCUT2D eigenvalue weighted by molar-refractivity contribution is 8.13. The molecule has 0 spiro atoms. The molecule has 2 saturated heterocycles. The van der Waals surface area contributed by atoms with Crippen molar-refractivity contribution < 1.29 is 17.9 Å². The number of carbonyl (C=O) groups is 1. The first kappa shape index (κ1) is 16.5. The van der Waals surface area contributed by atoms with Crippen molar-refractivity contribution >= 4 is 37.1 Å². The third-order valence-corrected chi connectivity index (χ3v) is 5.27. The van der Waals surface area contributed by atoms with Gasteiger partial charge in [-0.3, -0.25) is 9.69 Å².